The molecule has 12 heteroatoms. The molecular weight excluding hydrogens is 445 g/mol. The zero-order valence-electron chi connectivity index (χ0n) is 17.5. The van der Waals surface area contributed by atoms with Crippen LogP contribution in [0.3, 0.4) is 0 Å². The lowest BCUT2D eigenvalue weighted by atomic mass is 10.1. The Kier molecular flexibility index (Phi) is 7.51. The van der Waals surface area contributed by atoms with Crippen molar-refractivity contribution in [3.05, 3.63) is 64.6 Å². The second kappa shape index (κ2) is 10.3. The fourth-order valence-electron chi connectivity index (χ4n) is 3.06. The van der Waals surface area contributed by atoms with Crippen LogP contribution in [0.25, 0.3) is 16.9 Å². The van der Waals surface area contributed by atoms with E-state index in [4.69, 9.17) is 14.6 Å². The number of aliphatic hydroxyl groups is 1. The Hall–Kier alpha value is -3.64. The molecule has 0 radical (unpaired) electrons. The molecule has 2 aromatic carbocycles. The Balaban J connectivity index is 1.97. The van der Waals surface area contributed by atoms with Crippen LogP contribution >= 0.6 is 0 Å². The lowest BCUT2D eigenvalue weighted by Crippen LogP contribution is -2.11. The molecule has 33 heavy (non-hydrogen) atoms. The molecular formula is C21H21F3N4O5. The maximum atomic E-state index is 13.2. The van der Waals surface area contributed by atoms with Gasteiger partial charge in [0.1, 0.15) is 12.4 Å². The van der Waals surface area contributed by atoms with Crippen LogP contribution in [0.2, 0.25) is 0 Å². The molecule has 1 heterocycles. The zero-order valence-corrected chi connectivity index (χ0v) is 17.5. The van der Waals surface area contributed by atoms with Crippen molar-refractivity contribution in [2.24, 2.45) is 0 Å². The molecule has 0 amide bonds. The molecule has 0 saturated carbocycles. The molecule has 3 aromatic rings. The number of nitro benzene ring substituents is 1. The number of alkyl halides is 3. The molecule has 0 aliphatic heterocycles. The van der Waals surface area contributed by atoms with Gasteiger partial charge in [0.15, 0.2) is 0 Å². The number of anilines is 1. The van der Waals surface area contributed by atoms with Crippen molar-refractivity contribution in [2.75, 3.05) is 38.8 Å². The first-order chi connectivity index (χ1) is 15.7. The number of hydrogen-bond donors (Lipinski definition) is 2. The van der Waals surface area contributed by atoms with Crippen LogP contribution < -0.4 is 10.1 Å². The third-order valence-corrected chi connectivity index (χ3v) is 4.63. The average molecular weight is 466 g/mol. The van der Waals surface area contributed by atoms with Gasteiger partial charge in [-0.05, 0) is 24.3 Å². The second-order valence-corrected chi connectivity index (χ2v) is 6.77. The van der Waals surface area contributed by atoms with E-state index in [2.05, 4.69) is 10.3 Å². The molecule has 0 aliphatic rings. The largest absolute Gasteiger partial charge is 0.490 e. The highest BCUT2D eigenvalue weighted by Crippen LogP contribution is 2.37. The van der Waals surface area contributed by atoms with Crippen LogP contribution in [0.4, 0.5) is 24.5 Å². The zero-order chi connectivity index (χ0) is 24.0. The third kappa shape index (κ3) is 5.79. The topological polar surface area (TPSA) is 112 Å². The summed E-state index contributed by atoms with van der Waals surface area (Å²) in [5.74, 6) is -0.0458. The minimum atomic E-state index is -4.56. The lowest BCUT2D eigenvalue weighted by Gasteiger charge is -2.14. The van der Waals surface area contributed by atoms with E-state index in [1.54, 1.807) is 13.1 Å². The number of aliphatic hydroxyl groups excluding tert-OH is 1. The molecule has 0 saturated heterocycles. The minimum absolute atomic E-state index is 0.0379. The van der Waals surface area contributed by atoms with Crippen molar-refractivity contribution in [2.45, 2.75) is 6.18 Å². The van der Waals surface area contributed by atoms with Gasteiger partial charge in [0.25, 0.3) is 5.69 Å². The van der Waals surface area contributed by atoms with Crippen molar-refractivity contribution in [1.29, 1.82) is 0 Å². The maximum Gasteiger partial charge on any atom is 0.416 e. The Morgan fingerprint density at radius 3 is 2.64 bits per heavy atom. The van der Waals surface area contributed by atoms with E-state index in [-0.39, 0.29) is 37.9 Å². The molecule has 2 N–H and O–H groups in total. The van der Waals surface area contributed by atoms with Gasteiger partial charge in [0.2, 0.25) is 0 Å². The fraction of sp³-hybridized carbons (Fsp3) is 0.286. The number of non-ortho nitro benzene ring substituents is 1. The van der Waals surface area contributed by atoms with Gasteiger partial charge in [-0.25, -0.2) is 4.98 Å². The van der Waals surface area contributed by atoms with Crippen molar-refractivity contribution < 1.29 is 32.7 Å². The number of nitrogens with zero attached hydrogens (tertiary/aromatic N) is 3. The summed E-state index contributed by atoms with van der Waals surface area (Å²) in [4.78, 5) is 14.9. The Bertz CT molecular complexity index is 1120. The molecule has 0 spiro atoms. The Morgan fingerprint density at radius 2 is 1.97 bits per heavy atom. The highest BCUT2D eigenvalue weighted by atomic mass is 19.4. The summed E-state index contributed by atoms with van der Waals surface area (Å²) in [6, 6.07) is 7.33. The van der Waals surface area contributed by atoms with Gasteiger partial charge in [-0.2, -0.15) is 13.2 Å². The van der Waals surface area contributed by atoms with Gasteiger partial charge in [-0.1, -0.05) is 0 Å². The smallest absolute Gasteiger partial charge is 0.416 e. The number of benzene rings is 2. The van der Waals surface area contributed by atoms with Crippen LogP contribution in [0.1, 0.15) is 5.56 Å². The number of halogens is 3. The molecule has 0 unspecified atom stereocenters. The maximum absolute atomic E-state index is 13.2. The van der Waals surface area contributed by atoms with Crippen molar-refractivity contribution in [3.63, 3.8) is 0 Å². The average Bonchev–Trinajstić information content (AvgIpc) is 3.27. The summed E-state index contributed by atoms with van der Waals surface area (Å²) in [7, 11) is 1.66. The summed E-state index contributed by atoms with van der Waals surface area (Å²) in [6.07, 6.45) is -1.62. The van der Waals surface area contributed by atoms with Gasteiger partial charge in [-0.15, -0.1) is 0 Å². The van der Waals surface area contributed by atoms with Gasteiger partial charge >= 0.3 is 6.18 Å². The lowest BCUT2D eigenvalue weighted by molar-refractivity contribution is -0.384. The van der Waals surface area contributed by atoms with E-state index in [0.717, 1.165) is 12.1 Å². The molecule has 176 valence electrons. The molecule has 9 nitrogen and oxygen atoms in total. The van der Waals surface area contributed by atoms with Crippen molar-refractivity contribution in [3.8, 4) is 22.7 Å². The highest BCUT2D eigenvalue weighted by molar-refractivity contribution is 5.70. The molecule has 0 atom stereocenters. The van der Waals surface area contributed by atoms with E-state index in [1.807, 2.05) is 0 Å². The van der Waals surface area contributed by atoms with Crippen molar-refractivity contribution in [1.82, 2.24) is 9.55 Å². The minimum Gasteiger partial charge on any atom is -0.490 e. The molecule has 0 aliphatic carbocycles. The van der Waals surface area contributed by atoms with E-state index >= 15 is 0 Å². The summed E-state index contributed by atoms with van der Waals surface area (Å²) in [5, 5.41) is 22.8. The van der Waals surface area contributed by atoms with E-state index in [1.165, 1.54) is 35.3 Å². The molecule has 0 bridgehead atoms. The van der Waals surface area contributed by atoms with Gasteiger partial charge in [-0.3, -0.25) is 10.1 Å². The first-order valence-corrected chi connectivity index (χ1v) is 9.78. The van der Waals surface area contributed by atoms with Gasteiger partial charge in [0.05, 0.1) is 53.7 Å². The number of rotatable bonds is 10. The second-order valence-electron chi connectivity index (χ2n) is 6.77. The van der Waals surface area contributed by atoms with Crippen LogP contribution in [-0.2, 0) is 10.9 Å². The highest BCUT2D eigenvalue weighted by Gasteiger charge is 2.31. The predicted molar refractivity (Wildman–Crippen MR) is 114 cm³/mol. The monoisotopic (exact) mass is 466 g/mol. The van der Waals surface area contributed by atoms with E-state index in [9.17, 15) is 23.3 Å². The number of nitrogens with one attached hydrogen (secondary N) is 1. The number of imidazole rings is 1. The standard InChI is InChI=1S/C21H21F3N4O5/c1-25-17-5-3-15(28(30)31)11-19(17)27-12-18(26-13-27)16-4-2-14(21(22,23)24)10-20(16)33-9-8-32-7-6-29/h2-5,10-13,25,29H,6-9H2,1H3. The number of ether oxygens (including phenoxy) is 2. The number of aromatic nitrogens is 2. The van der Waals surface area contributed by atoms with Crippen LogP contribution in [-0.4, -0.2) is 53.1 Å². The normalized spacial score (nSPS) is 11.4. The summed E-state index contributed by atoms with van der Waals surface area (Å²) in [5.41, 5.74) is 0.643. The Labute approximate surface area is 186 Å². The molecule has 1 aromatic heterocycles. The Morgan fingerprint density at radius 1 is 1.18 bits per heavy atom. The fourth-order valence-corrected chi connectivity index (χ4v) is 3.06. The summed E-state index contributed by atoms with van der Waals surface area (Å²) in [6.45, 7) is -0.0631. The first kappa shape index (κ1) is 24.0. The number of nitro groups is 1. The first-order valence-electron chi connectivity index (χ1n) is 9.78. The number of hydrogen-bond acceptors (Lipinski definition) is 7. The van der Waals surface area contributed by atoms with Crippen LogP contribution in [0.15, 0.2) is 48.9 Å². The van der Waals surface area contributed by atoms with Gasteiger partial charge in [0, 0.05) is 30.9 Å². The third-order valence-electron chi connectivity index (χ3n) is 4.63. The molecule has 3 rings (SSSR count). The quantitative estimate of drug-likeness (QED) is 0.265. The van der Waals surface area contributed by atoms with Crippen LogP contribution in [0.5, 0.6) is 5.75 Å². The predicted octanol–water partition coefficient (Wildman–Crippen LogP) is 3.90. The van der Waals surface area contributed by atoms with Crippen molar-refractivity contribution >= 4 is 11.4 Å². The SMILES string of the molecule is CNc1ccc([N+](=O)[O-])cc1-n1cnc(-c2ccc(C(F)(F)F)cc2OCCOCCO)c1. The summed E-state index contributed by atoms with van der Waals surface area (Å²) >= 11 is 0. The van der Waals surface area contributed by atoms with Crippen LogP contribution in [0, 0.1) is 10.1 Å². The van der Waals surface area contributed by atoms with E-state index < -0.39 is 16.7 Å². The summed E-state index contributed by atoms with van der Waals surface area (Å²) < 4.78 is 51.8. The van der Waals surface area contributed by atoms with E-state index in [0.29, 0.717) is 22.6 Å². The molecule has 0 fully saturated rings. The van der Waals surface area contributed by atoms with Gasteiger partial charge < -0.3 is 24.5 Å².